The topological polar surface area (TPSA) is 29.1 Å². The van der Waals surface area contributed by atoms with E-state index in [0.29, 0.717) is 18.2 Å². The Labute approximate surface area is 119 Å². The van der Waals surface area contributed by atoms with Crippen LogP contribution in [-0.2, 0) is 4.79 Å². The maximum absolute atomic E-state index is 12.7. The molecule has 0 spiro atoms. The highest BCUT2D eigenvalue weighted by atomic mass is 79.9. The smallest absolute Gasteiger partial charge is 0.350 e. The summed E-state index contributed by atoms with van der Waals surface area (Å²) in [5.74, 6) is -1.97. The third kappa shape index (κ3) is 3.44. The van der Waals surface area contributed by atoms with Gasteiger partial charge in [0, 0.05) is 16.8 Å². The molecule has 110 valence electrons. The molecule has 2 aliphatic carbocycles. The van der Waals surface area contributed by atoms with Gasteiger partial charge in [-0.2, -0.15) is 13.2 Å². The van der Waals surface area contributed by atoms with Gasteiger partial charge >= 0.3 is 6.18 Å². The van der Waals surface area contributed by atoms with E-state index in [0.717, 1.165) is 19.3 Å². The second-order valence-electron chi connectivity index (χ2n) is 5.86. The van der Waals surface area contributed by atoms with E-state index in [2.05, 4.69) is 21.2 Å². The van der Waals surface area contributed by atoms with Crippen molar-refractivity contribution in [2.75, 3.05) is 5.33 Å². The largest absolute Gasteiger partial charge is 0.391 e. The minimum atomic E-state index is -4.16. The molecule has 0 bridgehead atoms. The minimum absolute atomic E-state index is 0.0479. The van der Waals surface area contributed by atoms with Crippen LogP contribution in [0, 0.1) is 11.8 Å². The highest BCUT2D eigenvalue weighted by Gasteiger charge is 2.45. The first kappa shape index (κ1) is 15.1. The average Bonchev–Trinajstić information content (AvgIpc) is 2.32. The molecule has 19 heavy (non-hydrogen) atoms. The third-order valence-electron chi connectivity index (χ3n) is 4.46. The number of rotatable bonds is 3. The predicted octanol–water partition coefficient (Wildman–Crippen LogP) is 3.79. The summed E-state index contributed by atoms with van der Waals surface area (Å²) >= 11 is 3.38. The Bertz CT molecular complexity index is 336. The number of carbonyl (C=O) groups excluding carboxylic acids is 1. The number of nitrogens with one attached hydrogen (secondary N) is 1. The summed E-state index contributed by atoms with van der Waals surface area (Å²) in [5, 5.41) is 3.65. The van der Waals surface area contributed by atoms with Crippen LogP contribution in [0.1, 0.15) is 44.9 Å². The molecule has 6 heteroatoms. The van der Waals surface area contributed by atoms with Gasteiger partial charge in [-0.1, -0.05) is 22.4 Å². The van der Waals surface area contributed by atoms with Gasteiger partial charge < -0.3 is 5.32 Å². The number of hydrogen-bond acceptors (Lipinski definition) is 1. The number of carbonyl (C=O) groups is 1. The molecule has 2 atom stereocenters. The standard InChI is InChI=1S/C13H19BrF3NO/c14-8-12(5-2-6-12)18-11(19)9-3-1-4-10(7-9)13(15,16)17/h9-10H,1-8H2,(H,18,19). The van der Waals surface area contributed by atoms with Crippen LogP contribution in [0.3, 0.4) is 0 Å². The molecule has 1 amide bonds. The van der Waals surface area contributed by atoms with Gasteiger partial charge in [0.15, 0.2) is 0 Å². The van der Waals surface area contributed by atoms with Crippen molar-refractivity contribution in [2.45, 2.75) is 56.7 Å². The number of amides is 1. The van der Waals surface area contributed by atoms with E-state index >= 15 is 0 Å². The molecule has 0 saturated heterocycles. The van der Waals surface area contributed by atoms with E-state index in [4.69, 9.17) is 0 Å². The molecule has 2 aliphatic rings. The van der Waals surface area contributed by atoms with Crippen molar-refractivity contribution in [1.82, 2.24) is 5.32 Å². The highest BCUT2D eigenvalue weighted by molar-refractivity contribution is 9.09. The molecule has 0 aromatic rings. The Kier molecular flexibility index (Phi) is 4.48. The molecular weight excluding hydrogens is 323 g/mol. The quantitative estimate of drug-likeness (QED) is 0.777. The average molecular weight is 342 g/mol. The second kappa shape index (κ2) is 5.62. The monoisotopic (exact) mass is 341 g/mol. The summed E-state index contributed by atoms with van der Waals surface area (Å²) in [6.45, 7) is 0. The molecule has 0 radical (unpaired) electrons. The van der Waals surface area contributed by atoms with Crippen LogP contribution in [0.5, 0.6) is 0 Å². The molecule has 0 aromatic heterocycles. The van der Waals surface area contributed by atoms with Crippen LogP contribution in [-0.4, -0.2) is 23.0 Å². The summed E-state index contributed by atoms with van der Waals surface area (Å²) < 4.78 is 38.2. The fourth-order valence-electron chi connectivity index (χ4n) is 2.98. The lowest BCUT2D eigenvalue weighted by Crippen LogP contribution is -2.56. The molecule has 2 saturated carbocycles. The van der Waals surface area contributed by atoms with Crippen molar-refractivity contribution < 1.29 is 18.0 Å². The Morgan fingerprint density at radius 3 is 2.42 bits per heavy atom. The zero-order chi connectivity index (χ0) is 14.1. The molecule has 0 heterocycles. The van der Waals surface area contributed by atoms with Crippen LogP contribution < -0.4 is 5.32 Å². The van der Waals surface area contributed by atoms with Gasteiger partial charge in [-0.15, -0.1) is 0 Å². The lowest BCUT2D eigenvalue weighted by molar-refractivity contribution is -0.186. The fourth-order valence-corrected chi connectivity index (χ4v) is 3.69. The summed E-state index contributed by atoms with van der Waals surface area (Å²) in [4.78, 5) is 12.1. The predicted molar refractivity (Wildman–Crippen MR) is 70.0 cm³/mol. The van der Waals surface area contributed by atoms with E-state index < -0.39 is 18.0 Å². The number of alkyl halides is 4. The third-order valence-corrected chi connectivity index (χ3v) is 5.54. The van der Waals surface area contributed by atoms with Crippen LogP contribution in [0.4, 0.5) is 13.2 Å². The second-order valence-corrected chi connectivity index (χ2v) is 6.42. The zero-order valence-electron chi connectivity index (χ0n) is 10.7. The van der Waals surface area contributed by atoms with E-state index in [9.17, 15) is 18.0 Å². The Morgan fingerprint density at radius 2 is 1.95 bits per heavy atom. The van der Waals surface area contributed by atoms with Crippen LogP contribution >= 0.6 is 15.9 Å². The van der Waals surface area contributed by atoms with Crippen molar-refractivity contribution in [3.05, 3.63) is 0 Å². The normalized spacial score (nSPS) is 30.5. The zero-order valence-corrected chi connectivity index (χ0v) is 12.3. The summed E-state index contributed by atoms with van der Waals surface area (Å²) in [6, 6.07) is 0. The van der Waals surface area contributed by atoms with Gasteiger partial charge in [-0.25, -0.2) is 0 Å². The SMILES string of the molecule is O=C(NC1(CBr)CCC1)C1CCCC(C(F)(F)F)C1. The van der Waals surface area contributed by atoms with Crippen molar-refractivity contribution >= 4 is 21.8 Å². The molecule has 2 nitrogen and oxygen atoms in total. The maximum atomic E-state index is 12.7. The first-order chi connectivity index (χ1) is 8.86. The molecule has 2 unspecified atom stereocenters. The summed E-state index contributed by atoms with van der Waals surface area (Å²) in [5.41, 5.74) is -0.206. The minimum Gasteiger partial charge on any atom is -0.350 e. The molecule has 2 fully saturated rings. The lowest BCUT2D eigenvalue weighted by atomic mass is 9.76. The lowest BCUT2D eigenvalue weighted by Gasteiger charge is -2.42. The van der Waals surface area contributed by atoms with E-state index in [1.54, 1.807) is 0 Å². The first-order valence-corrected chi connectivity index (χ1v) is 7.93. The molecule has 1 N–H and O–H groups in total. The van der Waals surface area contributed by atoms with Gasteiger partial charge in [-0.3, -0.25) is 4.79 Å². The number of halogens is 4. The molecule has 0 aromatic carbocycles. The van der Waals surface area contributed by atoms with Crippen LogP contribution in [0.15, 0.2) is 0 Å². The van der Waals surface area contributed by atoms with E-state index in [1.165, 1.54) is 0 Å². The van der Waals surface area contributed by atoms with Gasteiger partial charge in [0.05, 0.1) is 5.92 Å². The Hall–Kier alpha value is -0.260. The van der Waals surface area contributed by atoms with Crippen molar-refractivity contribution in [3.8, 4) is 0 Å². The summed E-state index contributed by atoms with van der Waals surface area (Å²) in [6.07, 6.45) is -0.0754. The Morgan fingerprint density at radius 1 is 1.26 bits per heavy atom. The molecule has 0 aliphatic heterocycles. The van der Waals surface area contributed by atoms with Gasteiger partial charge in [0.1, 0.15) is 0 Å². The van der Waals surface area contributed by atoms with Crippen molar-refractivity contribution in [2.24, 2.45) is 11.8 Å². The van der Waals surface area contributed by atoms with E-state index in [1.807, 2.05) is 0 Å². The fraction of sp³-hybridized carbons (Fsp3) is 0.923. The summed E-state index contributed by atoms with van der Waals surface area (Å²) in [7, 11) is 0. The van der Waals surface area contributed by atoms with Gasteiger partial charge in [0.25, 0.3) is 0 Å². The van der Waals surface area contributed by atoms with Crippen LogP contribution in [0.25, 0.3) is 0 Å². The highest BCUT2D eigenvalue weighted by Crippen LogP contribution is 2.41. The van der Waals surface area contributed by atoms with E-state index in [-0.39, 0.29) is 24.3 Å². The van der Waals surface area contributed by atoms with Crippen molar-refractivity contribution in [3.63, 3.8) is 0 Å². The molecule has 2 rings (SSSR count). The van der Waals surface area contributed by atoms with Gasteiger partial charge in [0.2, 0.25) is 5.91 Å². The number of hydrogen-bond donors (Lipinski definition) is 1. The first-order valence-electron chi connectivity index (χ1n) is 6.81. The van der Waals surface area contributed by atoms with Crippen LogP contribution in [0.2, 0.25) is 0 Å². The maximum Gasteiger partial charge on any atom is 0.391 e. The van der Waals surface area contributed by atoms with Crippen molar-refractivity contribution in [1.29, 1.82) is 0 Å². The van der Waals surface area contributed by atoms with Gasteiger partial charge in [-0.05, 0) is 38.5 Å². The molecular formula is C13H19BrF3NO. The Balaban J connectivity index is 1.92.